The quantitative estimate of drug-likeness (QED) is 0.759. The highest BCUT2D eigenvalue weighted by atomic mass is 16.2. The van der Waals surface area contributed by atoms with Crippen molar-refractivity contribution in [3.8, 4) is 12.1 Å². The van der Waals surface area contributed by atoms with Gasteiger partial charge in [-0.15, -0.1) is 0 Å². The van der Waals surface area contributed by atoms with Crippen molar-refractivity contribution < 1.29 is 9.59 Å². The first-order chi connectivity index (χ1) is 9.99. The molecule has 0 aliphatic heterocycles. The number of carbonyl (C=O) groups excluding carboxylic acids is 2. The first-order valence-electron chi connectivity index (χ1n) is 7.34. The Morgan fingerprint density at radius 2 is 1.38 bits per heavy atom. The molecule has 21 heavy (non-hydrogen) atoms. The molecule has 4 atom stereocenters. The molecule has 2 amide bonds. The predicted octanol–water partition coefficient (Wildman–Crippen LogP) is 0.954. The number of nitrogens with one attached hydrogen (secondary N) is 2. The van der Waals surface area contributed by atoms with E-state index >= 15 is 0 Å². The molecule has 0 aromatic rings. The maximum Gasteiger partial charge on any atom is 0.223 e. The Labute approximate surface area is 125 Å². The predicted molar refractivity (Wildman–Crippen MR) is 76.4 cm³/mol. The number of carbonyl (C=O) groups is 2. The molecular weight excluding hydrogens is 268 g/mol. The minimum Gasteiger partial charge on any atom is -0.355 e. The molecule has 0 spiro atoms. The molecule has 0 heterocycles. The van der Waals surface area contributed by atoms with Crippen LogP contribution >= 0.6 is 0 Å². The summed E-state index contributed by atoms with van der Waals surface area (Å²) in [6.07, 6.45) is 2.23. The van der Waals surface area contributed by atoms with Crippen molar-refractivity contribution in [3.63, 3.8) is 0 Å². The second-order valence-electron chi connectivity index (χ2n) is 5.69. The third-order valence-electron chi connectivity index (χ3n) is 3.80. The molecule has 0 bridgehead atoms. The van der Waals surface area contributed by atoms with E-state index in [0.29, 0.717) is 25.9 Å². The first-order valence-corrected chi connectivity index (χ1v) is 7.34. The smallest absolute Gasteiger partial charge is 0.223 e. The fraction of sp³-hybridized carbons (Fsp3) is 0.733. The minimum atomic E-state index is -0.326. The summed E-state index contributed by atoms with van der Waals surface area (Å²) in [5.41, 5.74) is 0. The lowest BCUT2D eigenvalue weighted by Crippen LogP contribution is -2.41. The molecule has 1 fully saturated rings. The van der Waals surface area contributed by atoms with E-state index in [2.05, 4.69) is 22.8 Å². The van der Waals surface area contributed by atoms with Crippen LogP contribution in [0.25, 0.3) is 0 Å². The summed E-state index contributed by atoms with van der Waals surface area (Å²) in [4.78, 5) is 24.2. The van der Waals surface area contributed by atoms with E-state index in [4.69, 9.17) is 10.5 Å². The van der Waals surface area contributed by atoms with Crippen molar-refractivity contribution in [2.45, 2.75) is 33.1 Å². The summed E-state index contributed by atoms with van der Waals surface area (Å²) in [5, 5.41) is 22.9. The Balaban J connectivity index is 2.51. The van der Waals surface area contributed by atoms with E-state index in [1.165, 1.54) is 0 Å². The molecule has 6 nitrogen and oxygen atoms in total. The van der Waals surface area contributed by atoms with Gasteiger partial charge < -0.3 is 10.6 Å². The van der Waals surface area contributed by atoms with Crippen molar-refractivity contribution in [2.24, 2.45) is 23.7 Å². The zero-order valence-electron chi connectivity index (χ0n) is 12.6. The Hall–Kier alpha value is -2.08. The van der Waals surface area contributed by atoms with Gasteiger partial charge in [-0.05, 0) is 26.7 Å². The van der Waals surface area contributed by atoms with Gasteiger partial charge in [0.25, 0.3) is 0 Å². The second-order valence-corrected chi connectivity index (χ2v) is 5.69. The van der Waals surface area contributed by atoms with Crippen molar-refractivity contribution in [1.82, 2.24) is 10.6 Å². The van der Waals surface area contributed by atoms with Crippen LogP contribution in [0, 0.1) is 46.3 Å². The largest absolute Gasteiger partial charge is 0.355 e. The summed E-state index contributed by atoms with van der Waals surface area (Å²) >= 11 is 0. The van der Waals surface area contributed by atoms with Crippen LogP contribution in [0.5, 0.6) is 0 Å². The zero-order chi connectivity index (χ0) is 15.8. The first kappa shape index (κ1) is 17.0. The summed E-state index contributed by atoms with van der Waals surface area (Å²) in [7, 11) is 0. The summed E-state index contributed by atoms with van der Waals surface area (Å²) in [5.74, 6) is -1.43. The van der Waals surface area contributed by atoms with Crippen molar-refractivity contribution >= 4 is 11.8 Å². The monoisotopic (exact) mass is 290 g/mol. The van der Waals surface area contributed by atoms with Gasteiger partial charge in [0.1, 0.15) is 0 Å². The average molecular weight is 290 g/mol. The fourth-order valence-electron chi connectivity index (χ4n) is 2.45. The SMILES string of the molecule is CC(C#N)CNC(=O)C1CCCC1C(=O)NCC(C)C#N. The van der Waals surface area contributed by atoms with Gasteiger partial charge in [-0.1, -0.05) is 6.42 Å². The Kier molecular flexibility index (Phi) is 6.68. The van der Waals surface area contributed by atoms with Gasteiger partial charge in [-0.25, -0.2) is 0 Å². The Morgan fingerprint density at radius 1 is 1.00 bits per heavy atom. The summed E-state index contributed by atoms with van der Waals surface area (Å²) < 4.78 is 0. The zero-order valence-corrected chi connectivity index (χ0v) is 12.6. The van der Waals surface area contributed by atoms with Crippen molar-refractivity contribution in [1.29, 1.82) is 10.5 Å². The van der Waals surface area contributed by atoms with Gasteiger partial charge in [-0.3, -0.25) is 9.59 Å². The number of hydrogen-bond acceptors (Lipinski definition) is 4. The summed E-state index contributed by atoms with van der Waals surface area (Å²) in [6.45, 7) is 4.10. The van der Waals surface area contributed by atoms with Crippen LogP contribution in [0.15, 0.2) is 0 Å². The van der Waals surface area contributed by atoms with Crippen LogP contribution in [-0.4, -0.2) is 24.9 Å². The molecule has 6 heteroatoms. The average Bonchev–Trinajstić information content (AvgIpc) is 2.98. The van der Waals surface area contributed by atoms with Gasteiger partial charge in [-0.2, -0.15) is 10.5 Å². The molecule has 2 N–H and O–H groups in total. The number of rotatable bonds is 6. The van der Waals surface area contributed by atoms with E-state index < -0.39 is 0 Å². The van der Waals surface area contributed by atoms with Crippen LogP contribution < -0.4 is 10.6 Å². The second kappa shape index (κ2) is 8.26. The topological polar surface area (TPSA) is 106 Å². The fourth-order valence-corrected chi connectivity index (χ4v) is 2.45. The van der Waals surface area contributed by atoms with Gasteiger partial charge in [0.15, 0.2) is 0 Å². The lowest BCUT2D eigenvalue weighted by Gasteiger charge is -2.19. The molecule has 1 rings (SSSR count). The molecule has 1 saturated carbocycles. The maximum atomic E-state index is 12.1. The number of hydrogen-bond donors (Lipinski definition) is 2. The van der Waals surface area contributed by atoms with Crippen LogP contribution in [0.4, 0.5) is 0 Å². The highest BCUT2D eigenvalue weighted by Gasteiger charge is 2.37. The Bertz CT molecular complexity index is 421. The molecule has 1 aliphatic rings. The molecule has 1 aliphatic carbocycles. The standard InChI is InChI=1S/C15H22N4O2/c1-10(6-16)8-18-14(20)12-4-3-5-13(12)15(21)19-9-11(2)7-17/h10-13H,3-5,8-9H2,1-2H3,(H,18,20)(H,19,21). The number of amides is 2. The van der Waals surface area contributed by atoms with Crippen LogP contribution in [0.1, 0.15) is 33.1 Å². The van der Waals surface area contributed by atoms with Crippen molar-refractivity contribution in [2.75, 3.05) is 13.1 Å². The number of nitriles is 2. The molecular formula is C15H22N4O2. The van der Waals surface area contributed by atoms with Crippen LogP contribution in [0.3, 0.4) is 0 Å². The number of nitrogens with zero attached hydrogens (tertiary/aromatic N) is 2. The Morgan fingerprint density at radius 3 is 1.71 bits per heavy atom. The van der Waals surface area contributed by atoms with E-state index in [1.54, 1.807) is 13.8 Å². The molecule has 0 aromatic heterocycles. The third-order valence-corrected chi connectivity index (χ3v) is 3.80. The summed E-state index contributed by atoms with van der Waals surface area (Å²) in [6, 6.07) is 4.12. The third kappa shape index (κ3) is 5.07. The highest BCUT2D eigenvalue weighted by Crippen LogP contribution is 2.32. The van der Waals surface area contributed by atoms with Crippen molar-refractivity contribution in [3.05, 3.63) is 0 Å². The normalized spacial score (nSPS) is 23.4. The van der Waals surface area contributed by atoms with E-state index in [0.717, 1.165) is 6.42 Å². The van der Waals surface area contributed by atoms with Gasteiger partial charge in [0.2, 0.25) is 11.8 Å². The van der Waals surface area contributed by atoms with Gasteiger partial charge in [0.05, 0.1) is 24.0 Å². The molecule has 114 valence electrons. The maximum absolute atomic E-state index is 12.1. The lowest BCUT2D eigenvalue weighted by atomic mass is 9.94. The van der Waals surface area contributed by atoms with Crippen LogP contribution in [0.2, 0.25) is 0 Å². The lowest BCUT2D eigenvalue weighted by molar-refractivity contribution is -0.133. The minimum absolute atomic E-state index is 0.150. The van der Waals surface area contributed by atoms with Crippen LogP contribution in [-0.2, 0) is 9.59 Å². The molecule has 0 radical (unpaired) electrons. The van der Waals surface area contributed by atoms with E-state index in [-0.39, 0.29) is 35.5 Å². The van der Waals surface area contributed by atoms with E-state index in [9.17, 15) is 9.59 Å². The molecule has 4 unspecified atom stereocenters. The van der Waals surface area contributed by atoms with E-state index in [1.807, 2.05) is 0 Å². The van der Waals surface area contributed by atoms with Gasteiger partial charge >= 0.3 is 0 Å². The van der Waals surface area contributed by atoms with Gasteiger partial charge in [0, 0.05) is 24.9 Å². The molecule has 0 aromatic carbocycles. The molecule has 0 saturated heterocycles. The highest BCUT2D eigenvalue weighted by molar-refractivity contribution is 5.88.